The van der Waals surface area contributed by atoms with Gasteiger partial charge in [-0.15, -0.1) is 0 Å². The number of hydrogen-bond acceptors (Lipinski definition) is 4. The van der Waals surface area contributed by atoms with Gasteiger partial charge in [0.05, 0.1) is 17.3 Å². The topological polar surface area (TPSA) is 58.6 Å². The molecule has 7 heteroatoms. The van der Waals surface area contributed by atoms with Crippen LogP contribution in [0, 0.1) is 0 Å². The quantitative estimate of drug-likeness (QED) is 0.365. The summed E-state index contributed by atoms with van der Waals surface area (Å²) < 4.78 is 5.70. The third kappa shape index (κ3) is 3.56. The molecule has 0 saturated carbocycles. The first-order valence-electron chi connectivity index (χ1n) is 9.31. The predicted octanol–water partition coefficient (Wildman–Crippen LogP) is 4.72. The van der Waals surface area contributed by atoms with Crippen LogP contribution >= 0.6 is 23.8 Å². The highest BCUT2D eigenvalue weighted by Gasteiger charge is 2.35. The van der Waals surface area contributed by atoms with Crippen LogP contribution in [0.4, 0.5) is 5.69 Å². The molecule has 1 saturated heterocycles. The molecule has 1 N–H and O–H groups in total. The van der Waals surface area contributed by atoms with E-state index in [2.05, 4.69) is 5.32 Å². The molecule has 3 aromatic rings. The lowest BCUT2D eigenvalue weighted by atomic mass is 10.00. The van der Waals surface area contributed by atoms with Gasteiger partial charge in [0, 0.05) is 5.39 Å². The molecule has 3 aromatic carbocycles. The fourth-order valence-corrected chi connectivity index (χ4v) is 3.86. The van der Waals surface area contributed by atoms with Gasteiger partial charge in [0.25, 0.3) is 11.8 Å². The summed E-state index contributed by atoms with van der Waals surface area (Å²) >= 11 is 11.5. The Balaban J connectivity index is 1.83. The van der Waals surface area contributed by atoms with E-state index in [0.717, 1.165) is 22.1 Å². The van der Waals surface area contributed by atoms with Gasteiger partial charge >= 0.3 is 0 Å². The first-order valence-corrected chi connectivity index (χ1v) is 10.1. The molecule has 30 heavy (non-hydrogen) atoms. The molecule has 4 rings (SSSR count). The van der Waals surface area contributed by atoms with Gasteiger partial charge in [-0.25, -0.2) is 0 Å². The predicted molar refractivity (Wildman–Crippen MR) is 123 cm³/mol. The summed E-state index contributed by atoms with van der Waals surface area (Å²) in [5, 5.41) is 4.70. The first-order chi connectivity index (χ1) is 14.5. The maximum absolute atomic E-state index is 13.2. The van der Waals surface area contributed by atoms with Gasteiger partial charge in [0.15, 0.2) is 5.11 Å². The van der Waals surface area contributed by atoms with Crippen molar-refractivity contribution >= 4 is 63.3 Å². The van der Waals surface area contributed by atoms with Crippen LogP contribution in [-0.4, -0.2) is 23.5 Å². The van der Waals surface area contributed by atoms with Crippen LogP contribution in [0.1, 0.15) is 12.5 Å². The van der Waals surface area contributed by atoms with E-state index in [1.807, 2.05) is 43.3 Å². The van der Waals surface area contributed by atoms with Crippen LogP contribution in [0.3, 0.4) is 0 Å². The highest BCUT2D eigenvalue weighted by atomic mass is 35.5. The van der Waals surface area contributed by atoms with Gasteiger partial charge < -0.3 is 4.74 Å². The molecular formula is C23H17ClN2O3S. The Morgan fingerprint density at radius 3 is 2.47 bits per heavy atom. The van der Waals surface area contributed by atoms with E-state index >= 15 is 0 Å². The lowest BCUT2D eigenvalue weighted by Gasteiger charge is -2.29. The largest absolute Gasteiger partial charge is 0.493 e. The summed E-state index contributed by atoms with van der Waals surface area (Å²) in [6, 6.07) is 18.2. The number of nitrogens with zero attached hydrogens (tertiary/aromatic N) is 1. The van der Waals surface area contributed by atoms with Crippen molar-refractivity contribution in [2.24, 2.45) is 0 Å². The zero-order chi connectivity index (χ0) is 21.3. The average Bonchev–Trinajstić information content (AvgIpc) is 2.74. The minimum atomic E-state index is -0.550. The van der Waals surface area contributed by atoms with Crippen LogP contribution in [0.15, 0.2) is 66.2 Å². The molecule has 1 aliphatic heterocycles. The number of thiocarbonyl (C=S) groups is 1. The molecule has 2 amide bonds. The number of carbonyl (C=O) groups excluding carboxylic acids is 2. The van der Waals surface area contributed by atoms with Crippen molar-refractivity contribution in [3.05, 3.63) is 76.8 Å². The molecule has 1 fully saturated rings. The number of rotatable bonds is 4. The first kappa shape index (κ1) is 20.1. The summed E-state index contributed by atoms with van der Waals surface area (Å²) in [7, 11) is 0. The molecule has 150 valence electrons. The van der Waals surface area contributed by atoms with Crippen molar-refractivity contribution in [3.8, 4) is 5.75 Å². The molecule has 0 spiro atoms. The summed E-state index contributed by atoms with van der Waals surface area (Å²) in [5.74, 6) is -0.338. The van der Waals surface area contributed by atoms with E-state index < -0.39 is 11.8 Å². The van der Waals surface area contributed by atoms with Crippen LogP contribution in [-0.2, 0) is 9.59 Å². The number of amides is 2. The van der Waals surface area contributed by atoms with Gasteiger partial charge in [-0.2, -0.15) is 0 Å². The molecule has 1 aliphatic rings. The second kappa shape index (κ2) is 8.26. The smallest absolute Gasteiger partial charge is 0.270 e. The van der Waals surface area contributed by atoms with Crippen molar-refractivity contribution in [2.75, 3.05) is 11.5 Å². The number of hydrogen-bond donors (Lipinski definition) is 1. The highest BCUT2D eigenvalue weighted by Crippen LogP contribution is 2.32. The van der Waals surface area contributed by atoms with Crippen molar-refractivity contribution in [1.82, 2.24) is 5.32 Å². The third-order valence-corrected chi connectivity index (χ3v) is 5.32. The van der Waals surface area contributed by atoms with E-state index in [0.29, 0.717) is 17.3 Å². The van der Waals surface area contributed by atoms with Gasteiger partial charge in [0.2, 0.25) is 0 Å². The van der Waals surface area contributed by atoms with Gasteiger partial charge in [0.1, 0.15) is 11.3 Å². The number of carbonyl (C=O) groups is 2. The minimum absolute atomic E-state index is 0.00759. The van der Waals surface area contributed by atoms with Crippen LogP contribution in [0.2, 0.25) is 5.02 Å². The monoisotopic (exact) mass is 436 g/mol. The number of para-hydroxylation sites is 1. The average molecular weight is 437 g/mol. The fourth-order valence-electron chi connectivity index (χ4n) is 3.37. The Kier molecular flexibility index (Phi) is 5.53. The second-order valence-electron chi connectivity index (χ2n) is 6.54. The fraction of sp³-hybridized carbons (Fsp3) is 0.0870. The molecule has 1 heterocycles. The van der Waals surface area contributed by atoms with Gasteiger partial charge in [-0.3, -0.25) is 19.8 Å². The van der Waals surface area contributed by atoms with E-state index in [4.69, 9.17) is 28.6 Å². The molecule has 0 radical (unpaired) electrons. The Morgan fingerprint density at radius 1 is 1.03 bits per heavy atom. The van der Waals surface area contributed by atoms with E-state index in [1.54, 1.807) is 30.3 Å². The van der Waals surface area contributed by atoms with E-state index in [9.17, 15) is 9.59 Å². The second-order valence-corrected chi connectivity index (χ2v) is 7.33. The number of nitrogens with one attached hydrogen (secondary N) is 1. The van der Waals surface area contributed by atoms with Crippen molar-refractivity contribution in [2.45, 2.75) is 6.92 Å². The normalized spacial score (nSPS) is 15.6. The van der Waals surface area contributed by atoms with E-state index in [1.165, 1.54) is 4.90 Å². The minimum Gasteiger partial charge on any atom is -0.493 e. The number of fused-ring (bicyclic) bond motifs is 1. The van der Waals surface area contributed by atoms with Crippen LogP contribution < -0.4 is 15.0 Å². The Morgan fingerprint density at radius 2 is 1.73 bits per heavy atom. The highest BCUT2D eigenvalue weighted by molar-refractivity contribution is 7.80. The summed E-state index contributed by atoms with van der Waals surface area (Å²) in [6.07, 6.45) is 1.57. The van der Waals surface area contributed by atoms with Crippen LogP contribution in [0.5, 0.6) is 5.75 Å². The SMILES string of the molecule is CCOc1ccc(/C=C2\C(=O)NC(=S)N(c3ccccc3Cl)C2=O)c2ccccc12. The summed E-state index contributed by atoms with van der Waals surface area (Å²) in [5.41, 5.74) is 1.11. The maximum Gasteiger partial charge on any atom is 0.270 e. The van der Waals surface area contributed by atoms with Crippen molar-refractivity contribution in [1.29, 1.82) is 0 Å². The number of halogens is 1. The summed E-state index contributed by atoms with van der Waals surface area (Å²) in [6.45, 7) is 2.46. The lowest BCUT2D eigenvalue weighted by Crippen LogP contribution is -2.54. The molecule has 0 unspecified atom stereocenters. The Labute approximate surface area is 183 Å². The molecule has 0 bridgehead atoms. The van der Waals surface area contributed by atoms with Crippen molar-refractivity contribution < 1.29 is 14.3 Å². The standard InChI is InChI=1S/C23H17ClN2O3S/c1-2-29-20-12-11-14(15-7-3-4-8-16(15)20)13-17-21(27)25-23(30)26(22(17)28)19-10-6-5-9-18(19)24/h3-13H,2H2,1H3,(H,25,27,30)/b17-13+. The summed E-state index contributed by atoms with van der Waals surface area (Å²) in [4.78, 5) is 27.1. The van der Waals surface area contributed by atoms with E-state index in [-0.39, 0.29) is 10.7 Å². The number of anilines is 1. The number of ether oxygens (including phenoxy) is 1. The molecule has 5 nitrogen and oxygen atoms in total. The Bertz CT molecular complexity index is 1220. The molecular weight excluding hydrogens is 420 g/mol. The maximum atomic E-state index is 13.2. The molecule has 0 atom stereocenters. The molecule has 0 aromatic heterocycles. The van der Waals surface area contributed by atoms with Crippen LogP contribution in [0.25, 0.3) is 16.8 Å². The van der Waals surface area contributed by atoms with Gasteiger partial charge in [-0.05, 0) is 54.4 Å². The zero-order valence-electron chi connectivity index (χ0n) is 16.0. The number of benzene rings is 3. The van der Waals surface area contributed by atoms with Gasteiger partial charge in [-0.1, -0.05) is 54.1 Å². The van der Waals surface area contributed by atoms with Crippen molar-refractivity contribution in [3.63, 3.8) is 0 Å². The third-order valence-electron chi connectivity index (χ3n) is 4.71. The Hall–Kier alpha value is -3.22. The lowest BCUT2D eigenvalue weighted by molar-refractivity contribution is -0.122. The zero-order valence-corrected chi connectivity index (χ0v) is 17.6. The molecule has 0 aliphatic carbocycles.